The van der Waals surface area contributed by atoms with Crippen LogP contribution in [0.25, 0.3) is 98.4 Å². The highest BCUT2D eigenvalue weighted by Crippen LogP contribution is 2.68. The lowest BCUT2D eigenvalue weighted by molar-refractivity contribution is 0.329. The Bertz CT molecular complexity index is 4270. The van der Waals surface area contributed by atoms with Crippen molar-refractivity contribution in [2.45, 2.75) is 0 Å². The lowest BCUT2D eigenvalue weighted by Gasteiger charge is -2.18. The molecule has 346 valence electrons. The van der Waals surface area contributed by atoms with Crippen LogP contribution in [0, 0.1) is 0 Å². The fraction of sp³-hybridized carbons (Fsp3) is 0. The van der Waals surface area contributed by atoms with Crippen LogP contribution in [0.4, 0.5) is 0 Å². The largest absolute Gasteiger partial charge is 0.506 e. The van der Waals surface area contributed by atoms with Crippen LogP contribution in [0.2, 0.25) is 0 Å². The van der Waals surface area contributed by atoms with E-state index in [1.54, 1.807) is 0 Å². The van der Waals surface area contributed by atoms with Gasteiger partial charge in [-0.25, -0.2) is 0 Å². The number of phenolic OH excluding ortho intramolecular Hbond substituents is 24. The van der Waals surface area contributed by atoms with Gasteiger partial charge in [-0.3, -0.25) is 0 Å². The fourth-order valence-electron chi connectivity index (χ4n) is 9.69. The first-order valence-electron chi connectivity index (χ1n) is 18.7. The normalized spacial score (nSPS) is 12.4. The van der Waals surface area contributed by atoms with Gasteiger partial charge in [0.1, 0.15) is 33.6 Å². The minimum absolute atomic E-state index is 0.556. The van der Waals surface area contributed by atoms with Gasteiger partial charge in [-0.2, -0.15) is 0 Å². The molecular formula is C42H24N2O24. The average Bonchev–Trinajstić information content (AvgIpc) is 4.05. The van der Waals surface area contributed by atoms with Crippen LogP contribution in [0.5, 0.6) is 138 Å². The van der Waals surface area contributed by atoms with Gasteiger partial charge in [0.2, 0.25) is 40.2 Å². The van der Waals surface area contributed by atoms with Gasteiger partial charge in [-0.1, -0.05) is 0 Å². The Morgan fingerprint density at radius 1 is 0.132 bits per heavy atom. The summed E-state index contributed by atoms with van der Waals surface area (Å²) < 4.78 is 1.20. The van der Waals surface area contributed by atoms with Crippen LogP contribution in [-0.4, -0.2) is 131 Å². The Balaban J connectivity index is 1.35. The summed E-state index contributed by atoms with van der Waals surface area (Å²) in [6, 6.07) is 0. The fourth-order valence-corrected chi connectivity index (χ4v) is 9.69. The van der Waals surface area contributed by atoms with E-state index < -0.39 is 236 Å². The third-order valence-corrected chi connectivity index (χ3v) is 12.6. The van der Waals surface area contributed by atoms with Crippen molar-refractivity contribution in [1.82, 2.24) is 8.80 Å². The van der Waals surface area contributed by atoms with E-state index in [-0.39, 0.29) is 0 Å². The maximum Gasteiger partial charge on any atom is 0.208 e. The number of aromatic nitrogens is 2. The molecule has 11 rings (SSSR count). The van der Waals surface area contributed by atoms with Gasteiger partial charge in [0, 0.05) is 0 Å². The van der Waals surface area contributed by atoms with Gasteiger partial charge in [-0.15, -0.1) is 0 Å². The smallest absolute Gasteiger partial charge is 0.208 e. The molecule has 0 amide bonds. The van der Waals surface area contributed by atoms with E-state index in [0.29, 0.717) is 8.80 Å². The quantitative estimate of drug-likeness (QED) is 0.0850. The molecule has 4 heterocycles. The van der Waals surface area contributed by atoms with Gasteiger partial charge in [-0.05, 0) is 0 Å². The molecule has 11 aromatic rings. The monoisotopic (exact) mass is 940 g/mol. The van der Waals surface area contributed by atoms with Gasteiger partial charge in [0.15, 0.2) is 86.2 Å². The molecule has 0 unspecified atom stereocenters. The summed E-state index contributed by atoms with van der Waals surface area (Å²) in [5, 5.41) is 261. The zero-order valence-corrected chi connectivity index (χ0v) is 32.6. The summed E-state index contributed by atoms with van der Waals surface area (Å²) in [5.41, 5.74) is -10.1. The van der Waals surface area contributed by atoms with Crippen molar-refractivity contribution in [2.75, 3.05) is 0 Å². The second-order valence-electron chi connectivity index (χ2n) is 15.6. The van der Waals surface area contributed by atoms with Crippen LogP contribution in [0.3, 0.4) is 0 Å². The molecule has 0 radical (unpaired) electrons. The summed E-state index contributed by atoms with van der Waals surface area (Å²) in [4.78, 5) is 0. The van der Waals surface area contributed by atoms with Crippen LogP contribution in [0.1, 0.15) is 0 Å². The Morgan fingerprint density at radius 3 is 0.647 bits per heavy atom. The number of benzene rings is 7. The first-order valence-corrected chi connectivity index (χ1v) is 18.7. The Labute approximate surface area is 367 Å². The summed E-state index contributed by atoms with van der Waals surface area (Å²) >= 11 is 0. The van der Waals surface area contributed by atoms with E-state index in [1.165, 1.54) is 0 Å². The van der Waals surface area contributed by atoms with Crippen LogP contribution in [-0.2, 0) is 0 Å². The highest BCUT2D eigenvalue weighted by atomic mass is 16.4. The summed E-state index contributed by atoms with van der Waals surface area (Å²) in [5.74, 6) is -34.3. The number of nitrogens with zero attached hydrogens (tertiary/aromatic N) is 2. The van der Waals surface area contributed by atoms with Crippen molar-refractivity contribution in [1.29, 1.82) is 0 Å². The SMILES string of the molecule is Oc1c(O)c(O)c(-c2c(O)c(O)c3c4c(O)c(O)c(O)c5c6c(O)c(-c7c(O)c(O)c8c(c7O)c7c(O)c(O)c(O)c9c%10c(O)c(O)c(O)c(O)c%10n8c97)c(O)c(O)c6n(c3c2O)c54)c(O)c1O. The molecule has 68 heavy (non-hydrogen) atoms. The van der Waals surface area contributed by atoms with Gasteiger partial charge < -0.3 is 131 Å². The standard InChI is InChI=1S/C42H24N2O24/c45-19-5-1-13-3(25(51)36(62)23(1)49)7-15(21(47)11(28(54)22(7)48)12-31(57)39(65)42(68)40(66)32(12)58)43(13)16(5)33(59)29(55)9(19)10-20(46)6-2-14-4(26(52)37(63)24(2)50)8-18(35(61)41(67)38(64)27(8)53)44(14)17(6)34(60)30(10)56/h45-68H. The summed E-state index contributed by atoms with van der Waals surface area (Å²) in [7, 11) is 0. The molecule has 24 N–H and O–H groups in total. The second kappa shape index (κ2) is 11.7. The van der Waals surface area contributed by atoms with Crippen molar-refractivity contribution < 1.29 is 123 Å². The Kier molecular flexibility index (Phi) is 6.92. The molecule has 0 aliphatic rings. The molecular weight excluding hydrogens is 916 g/mol. The van der Waals surface area contributed by atoms with Crippen LogP contribution >= 0.6 is 0 Å². The number of rotatable bonds is 2. The molecule has 7 aromatic carbocycles. The number of hydrogen-bond donors (Lipinski definition) is 24. The van der Waals surface area contributed by atoms with Crippen molar-refractivity contribution in [3.05, 3.63) is 0 Å². The molecule has 0 aliphatic carbocycles. The summed E-state index contributed by atoms with van der Waals surface area (Å²) in [6.45, 7) is 0. The molecule has 26 nitrogen and oxygen atoms in total. The molecule has 0 fully saturated rings. The predicted molar refractivity (Wildman–Crippen MR) is 227 cm³/mol. The lowest BCUT2D eigenvalue weighted by atomic mass is 9.93. The molecule has 4 aromatic heterocycles. The van der Waals surface area contributed by atoms with E-state index >= 15 is 0 Å². The maximum absolute atomic E-state index is 12.2. The van der Waals surface area contributed by atoms with Crippen molar-refractivity contribution in [2.24, 2.45) is 0 Å². The molecule has 26 heteroatoms. The van der Waals surface area contributed by atoms with Gasteiger partial charge in [0.05, 0.1) is 76.4 Å². The highest BCUT2D eigenvalue weighted by Gasteiger charge is 2.41. The van der Waals surface area contributed by atoms with Gasteiger partial charge >= 0.3 is 0 Å². The average molecular weight is 941 g/mol. The van der Waals surface area contributed by atoms with Crippen LogP contribution < -0.4 is 0 Å². The van der Waals surface area contributed by atoms with Crippen molar-refractivity contribution in [3.8, 4) is 160 Å². The number of aromatic hydroxyl groups is 24. The van der Waals surface area contributed by atoms with E-state index in [1.807, 2.05) is 0 Å². The minimum Gasteiger partial charge on any atom is -0.506 e. The molecule has 0 spiro atoms. The number of hydrogen-bond acceptors (Lipinski definition) is 24. The minimum atomic E-state index is -1.60. The van der Waals surface area contributed by atoms with E-state index in [0.717, 1.165) is 0 Å². The van der Waals surface area contributed by atoms with E-state index in [4.69, 9.17) is 0 Å². The van der Waals surface area contributed by atoms with Crippen molar-refractivity contribution >= 4 is 76.2 Å². The highest BCUT2D eigenvalue weighted by molar-refractivity contribution is 6.35. The first kappa shape index (κ1) is 40.1. The van der Waals surface area contributed by atoms with E-state index in [9.17, 15) is 123 Å². The molecule has 0 saturated carbocycles. The molecule has 0 aliphatic heterocycles. The third-order valence-electron chi connectivity index (χ3n) is 12.6. The van der Waals surface area contributed by atoms with Crippen LogP contribution in [0.15, 0.2) is 0 Å². The zero-order chi connectivity index (χ0) is 49.4. The zero-order valence-electron chi connectivity index (χ0n) is 32.6. The lowest BCUT2D eigenvalue weighted by Crippen LogP contribution is -1.92. The Morgan fingerprint density at radius 2 is 0.294 bits per heavy atom. The molecule has 0 atom stereocenters. The maximum atomic E-state index is 12.2. The van der Waals surface area contributed by atoms with Gasteiger partial charge in [0.25, 0.3) is 0 Å². The van der Waals surface area contributed by atoms with E-state index in [2.05, 4.69) is 0 Å². The second-order valence-corrected chi connectivity index (χ2v) is 15.6. The molecule has 0 saturated heterocycles. The number of phenols is 24. The Hall–Kier alpha value is -10.7. The number of fused-ring (bicyclic) bond motifs is 12. The molecule has 0 bridgehead atoms. The third kappa shape index (κ3) is 3.88. The predicted octanol–water partition coefficient (Wildman–Crippen LogP) is 4.26. The topological polar surface area (TPSA) is 494 Å². The summed E-state index contributed by atoms with van der Waals surface area (Å²) in [6.07, 6.45) is 0. The van der Waals surface area contributed by atoms with Crippen molar-refractivity contribution in [3.63, 3.8) is 0 Å². The first-order chi connectivity index (χ1) is 31.9.